The molecule has 0 aliphatic heterocycles. The Labute approximate surface area is 163 Å². The summed E-state index contributed by atoms with van der Waals surface area (Å²) >= 11 is 5.62. The highest BCUT2D eigenvalue weighted by molar-refractivity contribution is 6.31. The number of aromatic nitrogens is 1. The van der Waals surface area contributed by atoms with Crippen LogP contribution in [0.3, 0.4) is 0 Å². The summed E-state index contributed by atoms with van der Waals surface area (Å²) in [5.41, 5.74) is 1.09. The molecule has 3 aromatic rings. The molecule has 0 aliphatic rings. The smallest absolute Gasteiger partial charge is 0.417 e. The molecule has 3 rings (SSSR count). The lowest BCUT2D eigenvalue weighted by molar-refractivity contribution is -0.137. The number of nitrogens with zero attached hydrogens (tertiary/aromatic N) is 2. The number of hydrogen-bond acceptors (Lipinski definition) is 2. The molecule has 0 spiro atoms. The van der Waals surface area contributed by atoms with E-state index in [2.05, 4.69) is 4.98 Å². The van der Waals surface area contributed by atoms with Crippen molar-refractivity contribution in [2.75, 3.05) is 4.90 Å². The molecule has 0 radical (unpaired) electrons. The summed E-state index contributed by atoms with van der Waals surface area (Å²) in [6, 6.07) is 13.7. The van der Waals surface area contributed by atoms with Crippen molar-refractivity contribution >= 4 is 23.4 Å². The van der Waals surface area contributed by atoms with Gasteiger partial charge >= 0.3 is 12.3 Å². The highest BCUT2D eigenvalue weighted by Gasteiger charge is 2.34. The van der Waals surface area contributed by atoms with Crippen molar-refractivity contribution in [2.45, 2.75) is 12.7 Å². The van der Waals surface area contributed by atoms with Crippen LogP contribution in [0.15, 0.2) is 67.0 Å². The maximum absolute atomic E-state index is 13.1. The summed E-state index contributed by atoms with van der Waals surface area (Å²) in [6.45, 7) is -0.123. The summed E-state index contributed by atoms with van der Waals surface area (Å²) in [7, 11) is 0. The highest BCUT2D eigenvalue weighted by atomic mass is 35.5. The van der Waals surface area contributed by atoms with Gasteiger partial charge in [0.25, 0.3) is 0 Å². The maximum atomic E-state index is 13.1. The lowest BCUT2D eigenvalue weighted by Crippen LogP contribution is -2.29. The van der Waals surface area contributed by atoms with Crippen LogP contribution in [0.1, 0.15) is 11.1 Å². The van der Waals surface area contributed by atoms with Crippen LogP contribution in [-0.2, 0) is 12.7 Å². The van der Waals surface area contributed by atoms with Gasteiger partial charge in [-0.25, -0.2) is 4.79 Å². The molecule has 0 unspecified atom stereocenters. The molecule has 0 saturated carbocycles. The third-order valence-electron chi connectivity index (χ3n) is 4.06. The number of anilines is 1. The van der Waals surface area contributed by atoms with Gasteiger partial charge in [-0.2, -0.15) is 13.2 Å². The van der Waals surface area contributed by atoms with E-state index in [0.29, 0.717) is 5.56 Å². The van der Waals surface area contributed by atoms with E-state index >= 15 is 0 Å². The highest BCUT2D eigenvalue weighted by Crippen LogP contribution is 2.37. The van der Waals surface area contributed by atoms with Crippen LogP contribution >= 0.6 is 11.6 Å². The van der Waals surface area contributed by atoms with E-state index in [1.807, 2.05) is 12.1 Å². The normalized spacial score (nSPS) is 11.3. The Morgan fingerprint density at radius 3 is 2.46 bits per heavy atom. The standard InChI is InChI=1S/C20H14ClF3N2O2/c21-18-7-6-16(10-17(18)20(22,23)24)26(19(27)28)12-13-3-1-4-14(9-13)15-5-2-8-25-11-15/h1-11H,12H2,(H,27,28). The zero-order valence-corrected chi connectivity index (χ0v) is 15.1. The third-order valence-corrected chi connectivity index (χ3v) is 4.39. The van der Waals surface area contributed by atoms with Crippen LogP contribution in [0.25, 0.3) is 11.1 Å². The fourth-order valence-electron chi connectivity index (χ4n) is 2.73. The van der Waals surface area contributed by atoms with E-state index in [0.717, 1.165) is 28.2 Å². The van der Waals surface area contributed by atoms with Gasteiger partial charge in [0.15, 0.2) is 0 Å². The summed E-state index contributed by atoms with van der Waals surface area (Å²) < 4.78 is 39.3. The van der Waals surface area contributed by atoms with Gasteiger partial charge in [-0.3, -0.25) is 9.88 Å². The second kappa shape index (κ2) is 7.90. The van der Waals surface area contributed by atoms with Crippen LogP contribution in [0.4, 0.5) is 23.7 Å². The van der Waals surface area contributed by atoms with Crippen molar-refractivity contribution in [1.82, 2.24) is 4.98 Å². The number of benzene rings is 2. The van der Waals surface area contributed by atoms with E-state index in [9.17, 15) is 23.1 Å². The number of hydrogen-bond donors (Lipinski definition) is 1. The first kappa shape index (κ1) is 19.7. The number of pyridine rings is 1. The topological polar surface area (TPSA) is 53.4 Å². The average molecular weight is 407 g/mol. The number of alkyl halides is 3. The van der Waals surface area contributed by atoms with E-state index in [1.165, 1.54) is 6.07 Å². The Kier molecular flexibility index (Phi) is 5.56. The van der Waals surface area contributed by atoms with Crippen molar-refractivity contribution in [3.05, 3.63) is 83.1 Å². The minimum absolute atomic E-state index is 0.115. The lowest BCUT2D eigenvalue weighted by atomic mass is 10.0. The minimum atomic E-state index is -4.68. The number of carboxylic acid groups (broad SMARTS) is 1. The first-order valence-corrected chi connectivity index (χ1v) is 8.50. The van der Waals surface area contributed by atoms with Crippen molar-refractivity contribution in [2.24, 2.45) is 0 Å². The second-order valence-electron chi connectivity index (χ2n) is 5.97. The molecule has 0 atom stereocenters. The molecule has 1 heterocycles. The van der Waals surface area contributed by atoms with Crippen LogP contribution < -0.4 is 4.90 Å². The molecular formula is C20H14ClF3N2O2. The van der Waals surface area contributed by atoms with Crippen LogP contribution in [0, 0.1) is 0 Å². The van der Waals surface area contributed by atoms with Crippen molar-refractivity contribution in [3.8, 4) is 11.1 Å². The molecule has 0 saturated heterocycles. The SMILES string of the molecule is O=C(O)N(Cc1cccc(-c2cccnc2)c1)c1ccc(Cl)c(C(F)(F)F)c1. The zero-order chi connectivity index (χ0) is 20.3. The van der Waals surface area contributed by atoms with Crippen molar-refractivity contribution in [1.29, 1.82) is 0 Å². The first-order chi connectivity index (χ1) is 13.3. The average Bonchev–Trinajstić information content (AvgIpc) is 2.66. The van der Waals surface area contributed by atoms with E-state index in [4.69, 9.17) is 11.6 Å². The fourth-order valence-corrected chi connectivity index (χ4v) is 2.96. The molecule has 144 valence electrons. The molecular weight excluding hydrogens is 393 g/mol. The van der Waals surface area contributed by atoms with Gasteiger partial charge in [-0.1, -0.05) is 35.9 Å². The van der Waals surface area contributed by atoms with Crippen LogP contribution in [0.5, 0.6) is 0 Å². The third kappa shape index (κ3) is 4.43. The quantitative estimate of drug-likeness (QED) is 0.569. The molecule has 28 heavy (non-hydrogen) atoms. The summed E-state index contributed by atoms with van der Waals surface area (Å²) in [5.74, 6) is 0. The first-order valence-electron chi connectivity index (χ1n) is 8.12. The van der Waals surface area contributed by atoms with Gasteiger partial charge < -0.3 is 5.11 Å². The summed E-state index contributed by atoms with van der Waals surface area (Å²) in [4.78, 5) is 16.6. The molecule has 8 heteroatoms. The Balaban J connectivity index is 1.94. The van der Waals surface area contributed by atoms with Gasteiger partial charge in [-0.05, 0) is 47.0 Å². The number of halogens is 4. The molecule has 0 aliphatic carbocycles. The van der Waals surface area contributed by atoms with Gasteiger partial charge in [0.2, 0.25) is 0 Å². The molecule has 1 amide bonds. The predicted octanol–water partition coefficient (Wildman–Crippen LogP) is 6.11. The Morgan fingerprint density at radius 2 is 1.82 bits per heavy atom. The van der Waals surface area contributed by atoms with Crippen LogP contribution in [0.2, 0.25) is 5.02 Å². The van der Waals surface area contributed by atoms with Crippen molar-refractivity contribution < 1.29 is 23.1 Å². The molecule has 0 bridgehead atoms. The molecule has 2 aromatic carbocycles. The number of carbonyl (C=O) groups is 1. The number of rotatable bonds is 4. The van der Waals surface area contributed by atoms with Gasteiger partial charge in [0.1, 0.15) is 0 Å². The molecule has 1 N–H and O–H groups in total. The lowest BCUT2D eigenvalue weighted by Gasteiger charge is -2.21. The summed E-state index contributed by atoms with van der Waals surface area (Å²) in [5, 5.41) is 9.05. The second-order valence-corrected chi connectivity index (χ2v) is 6.38. The summed E-state index contributed by atoms with van der Waals surface area (Å²) in [6.07, 6.45) is -2.75. The maximum Gasteiger partial charge on any atom is 0.417 e. The van der Waals surface area contributed by atoms with E-state index < -0.39 is 22.9 Å². The van der Waals surface area contributed by atoms with E-state index in [-0.39, 0.29) is 12.2 Å². The monoisotopic (exact) mass is 406 g/mol. The molecule has 0 fully saturated rings. The number of amides is 1. The largest absolute Gasteiger partial charge is 0.465 e. The Bertz CT molecular complexity index is 994. The molecule has 4 nitrogen and oxygen atoms in total. The Morgan fingerprint density at radius 1 is 1.07 bits per heavy atom. The fraction of sp³-hybridized carbons (Fsp3) is 0.100. The minimum Gasteiger partial charge on any atom is -0.465 e. The van der Waals surface area contributed by atoms with Crippen molar-refractivity contribution in [3.63, 3.8) is 0 Å². The van der Waals surface area contributed by atoms with Gasteiger partial charge in [0.05, 0.1) is 17.1 Å². The predicted molar refractivity (Wildman–Crippen MR) is 100 cm³/mol. The Hall–Kier alpha value is -3.06. The van der Waals surface area contributed by atoms with Crippen LogP contribution in [-0.4, -0.2) is 16.2 Å². The van der Waals surface area contributed by atoms with Gasteiger partial charge in [-0.15, -0.1) is 0 Å². The van der Waals surface area contributed by atoms with Gasteiger partial charge in [0, 0.05) is 18.1 Å². The van der Waals surface area contributed by atoms with E-state index in [1.54, 1.807) is 36.7 Å². The molecule has 1 aromatic heterocycles. The zero-order valence-electron chi connectivity index (χ0n) is 14.3.